The first-order valence-corrected chi connectivity index (χ1v) is 10.0. The molecule has 5 heteroatoms. The number of hydrogen-bond donors (Lipinski definition) is 1. The Balaban J connectivity index is 1.68. The highest BCUT2D eigenvalue weighted by Gasteiger charge is 2.31. The van der Waals surface area contributed by atoms with Gasteiger partial charge in [-0.15, -0.1) is 0 Å². The van der Waals surface area contributed by atoms with Crippen molar-refractivity contribution in [3.63, 3.8) is 0 Å². The second-order valence-electron chi connectivity index (χ2n) is 7.09. The van der Waals surface area contributed by atoms with Gasteiger partial charge in [0, 0.05) is 23.5 Å². The predicted octanol–water partition coefficient (Wildman–Crippen LogP) is 3.95. The number of benzene rings is 2. The lowest BCUT2D eigenvalue weighted by molar-refractivity contribution is 0.0985. The molecule has 1 amide bonds. The number of anilines is 1. The minimum Gasteiger partial charge on any atom is -0.379 e. The predicted molar refractivity (Wildman–Crippen MR) is 109 cm³/mol. The fourth-order valence-electron chi connectivity index (χ4n) is 3.78. The maximum absolute atomic E-state index is 13.2. The highest BCUT2D eigenvalue weighted by molar-refractivity contribution is 8.13. The number of hydrogen-bond acceptors (Lipinski definition) is 4. The number of aryl methyl sites for hydroxylation is 1. The van der Waals surface area contributed by atoms with E-state index in [9.17, 15) is 4.79 Å². The average Bonchev–Trinajstić information content (AvgIpc) is 2.67. The van der Waals surface area contributed by atoms with Crippen molar-refractivity contribution >= 4 is 28.5 Å². The molecule has 4 rings (SSSR count). The number of aliphatic imine (C=N–C) groups is 1. The van der Waals surface area contributed by atoms with Crippen LogP contribution in [0, 0.1) is 0 Å². The molecule has 0 fully saturated rings. The Morgan fingerprint density at radius 3 is 2.92 bits per heavy atom. The highest BCUT2D eigenvalue weighted by atomic mass is 32.2. The van der Waals surface area contributed by atoms with Gasteiger partial charge >= 0.3 is 0 Å². The normalized spacial score (nSPS) is 22.5. The van der Waals surface area contributed by atoms with Gasteiger partial charge in [-0.25, -0.2) is 0 Å². The van der Waals surface area contributed by atoms with Crippen LogP contribution in [-0.4, -0.2) is 23.4 Å². The molecule has 2 aliphatic rings. The molecule has 0 aliphatic carbocycles. The number of nitrogens with zero attached hydrogens (tertiary/aromatic N) is 2. The van der Waals surface area contributed by atoms with Gasteiger partial charge in [0.05, 0.1) is 5.54 Å². The molecule has 1 unspecified atom stereocenters. The molecule has 0 bridgehead atoms. The number of amidine groups is 1. The Labute approximate surface area is 158 Å². The van der Waals surface area contributed by atoms with Crippen molar-refractivity contribution in [2.24, 2.45) is 10.7 Å². The summed E-state index contributed by atoms with van der Waals surface area (Å²) >= 11 is 1.59. The molecule has 2 heterocycles. The molecule has 0 radical (unpaired) electrons. The highest BCUT2D eigenvalue weighted by Crippen LogP contribution is 2.36. The topological polar surface area (TPSA) is 58.7 Å². The van der Waals surface area contributed by atoms with Crippen LogP contribution in [0.5, 0.6) is 0 Å². The van der Waals surface area contributed by atoms with E-state index in [0.29, 0.717) is 10.7 Å². The molecule has 2 N–H and O–H groups in total. The third-order valence-corrected chi connectivity index (χ3v) is 6.08. The number of carbonyl (C=O) groups excluding carboxylic acids is 1. The fraction of sp³-hybridized carbons (Fsp3) is 0.333. The maximum Gasteiger partial charge on any atom is 0.258 e. The average molecular weight is 366 g/mol. The van der Waals surface area contributed by atoms with Gasteiger partial charge in [0.1, 0.15) is 0 Å². The number of fused-ring (bicyclic) bond motifs is 1. The van der Waals surface area contributed by atoms with Crippen molar-refractivity contribution in [3.05, 3.63) is 65.2 Å². The molecule has 1 atom stereocenters. The van der Waals surface area contributed by atoms with Gasteiger partial charge in [-0.05, 0) is 55.5 Å². The van der Waals surface area contributed by atoms with Gasteiger partial charge < -0.3 is 10.6 Å². The molecule has 4 nitrogen and oxygen atoms in total. The largest absolute Gasteiger partial charge is 0.379 e. The van der Waals surface area contributed by atoms with E-state index in [2.05, 4.69) is 18.0 Å². The van der Waals surface area contributed by atoms with Crippen LogP contribution in [-0.2, 0) is 12.0 Å². The zero-order chi connectivity index (χ0) is 18.1. The third kappa shape index (κ3) is 3.12. The summed E-state index contributed by atoms with van der Waals surface area (Å²) in [7, 11) is 0. The van der Waals surface area contributed by atoms with Crippen LogP contribution < -0.4 is 10.6 Å². The van der Waals surface area contributed by atoms with Gasteiger partial charge in [-0.1, -0.05) is 42.1 Å². The van der Waals surface area contributed by atoms with Gasteiger partial charge in [-0.2, -0.15) is 0 Å². The Bertz CT molecular complexity index is 879. The summed E-state index contributed by atoms with van der Waals surface area (Å²) in [6.45, 7) is 2.86. The van der Waals surface area contributed by atoms with Crippen molar-refractivity contribution < 1.29 is 4.79 Å². The van der Waals surface area contributed by atoms with Gasteiger partial charge in [0.25, 0.3) is 5.91 Å². The van der Waals surface area contributed by atoms with E-state index >= 15 is 0 Å². The third-order valence-electron chi connectivity index (χ3n) is 5.28. The summed E-state index contributed by atoms with van der Waals surface area (Å²) in [5, 5.41) is 0.625. The molecule has 0 spiro atoms. The molecule has 0 saturated carbocycles. The number of nitrogens with two attached hydrogens (primary N) is 1. The quantitative estimate of drug-likeness (QED) is 0.877. The van der Waals surface area contributed by atoms with Crippen molar-refractivity contribution in [2.75, 3.05) is 17.2 Å². The number of thioether (sulfide) groups is 1. The molecule has 2 aromatic rings. The zero-order valence-corrected chi connectivity index (χ0v) is 15.8. The molecular formula is C21H23N3OS. The van der Waals surface area contributed by atoms with Crippen molar-refractivity contribution in [2.45, 2.75) is 31.7 Å². The van der Waals surface area contributed by atoms with Crippen LogP contribution in [0.1, 0.15) is 41.3 Å². The molecule has 0 saturated heterocycles. The zero-order valence-electron chi connectivity index (χ0n) is 14.9. The van der Waals surface area contributed by atoms with Crippen molar-refractivity contribution in [1.82, 2.24) is 0 Å². The van der Waals surface area contributed by atoms with E-state index in [1.54, 1.807) is 11.8 Å². The summed E-state index contributed by atoms with van der Waals surface area (Å²) in [4.78, 5) is 19.8. The maximum atomic E-state index is 13.2. The van der Waals surface area contributed by atoms with Crippen molar-refractivity contribution in [3.8, 4) is 0 Å². The first kappa shape index (κ1) is 17.2. The summed E-state index contributed by atoms with van der Waals surface area (Å²) in [6.07, 6.45) is 2.95. The Morgan fingerprint density at radius 2 is 2.08 bits per heavy atom. The molecule has 134 valence electrons. The number of para-hydroxylation sites is 1. The Hall–Kier alpha value is -2.27. The SMILES string of the molecule is CC1(c2cccc(C(=O)N3CCCc4ccccc43)c2)CCSC(N)=N1. The Kier molecular flexibility index (Phi) is 4.49. The monoisotopic (exact) mass is 365 g/mol. The van der Waals surface area contributed by atoms with E-state index in [4.69, 9.17) is 5.73 Å². The lowest BCUT2D eigenvalue weighted by Gasteiger charge is -2.31. The summed E-state index contributed by atoms with van der Waals surface area (Å²) in [5.41, 5.74) is 9.65. The van der Waals surface area contributed by atoms with E-state index in [0.717, 1.165) is 42.8 Å². The standard InChI is InChI=1S/C21H23N3OS/c1-21(11-13-26-20(22)23-21)17-9-4-7-16(14-17)19(25)24-12-5-8-15-6-2-3-10-18(15)24/h2-4,6-7,9-10,14H,5,8,11-13H2,1H3,(H2,22,23). The van der Waals surface area contributed by atoms with Gasteiger partial charge in [-0.3, -0.25) is 9.79 Å². The molecule has 2 aromatic carbocycles. The van der Waals surface area contributed by atoms with Crippen LogP contribution >= 0.6 is 11.8 Å². The summed E-state index contributed by atoms with van der Waals surface area (Å²) in [5.74, 6) is 1.01. The fourth-order valence-corrected chi connectivity index (χ4v) is 4.76. The number of carbonyl (C=O) groups is 1. The van der Waals surface area contributed by atoms with E-state index in [1.165, 1.54) is 5.56 Å². The van der Waals surface area contributed by atoms with Crippen LogP contribution in [0.3, 0.4) is 0 Å². The lowest BCUT2D eigenvalue weighted by atomic mass is 9.88. The summed E-state index contributed by atoms with van der Waals surface area (Å²) in [6, 6.07) is 16.1. The molecule has 26 heavy (non-hydrogen) atoms. The van der Waals surface area contributed by atoms with E-state index < -0.39 is 0 Å². The minimum atomic E-state index is -0.356. The minimum absolute atomic E-state index is 0.0599. The van der Waals surface area contributed by atoms with E-state index in [1.807, 2.05) is 47.4 Å². The second-order valence-corrected chi connectivity index (χ2v) is 8.21. The Morgan fingerprint density at radius 1 is 1.23 bits per heavy atom. The molecule has 2 aliphatic heterocycles. The first-order valence-electron chi connectivity index (χ1n) is 9.05. The van der Waals surface area contributed by atoms with Crippen LogP contribution in [0.25, 0.3) is 0 Å². The van der Waals surface area contributed by atoms with Gasteiger partial charge in [0.15, 0.2) is 5.17 Å². The molecule has 0 aromatic heterocycles. The molecular weight excluding hydrogens is 342 g/mol. The first-order chi connectivity index (χ1) is 12.6. The lowest BCUT2D eigenvalue weighted by Crippen LogP contribution is -2.35. The smallest absolute Gasteiger partial charge is 0.258 e. The number of amides is 1. The second kappa shape index (κ2) is 6.80. The van der Waals surface area contributed by atoms with Crippen LogP contribution in [0.2, 0.25) is 0 Å². The van der Waals surface area contributed by atoms with Crippen LogP contribution in [0.4, 0.5) is 5.69 Å². The van der Waals surface area contributed by atoms with Gasteiger partial charge in [0.2, 0.25) is 0 Å². The number of rotatable bonds is 2. The van der Waals surface area contributed by atoms with Crippen molar-refractivity contribution in [1.29, 1.82) is 0 Å². The summed E-state index contributed by atoms with van der Waals surface area (Å²) < 4.78 is 0. The van der Waals surface area contributed by atoms with Crippen LogP contribution in [0.15, 0.2) is 53.5 Å². The van der Waals surface area contributed by atoms with E-state index in [-0.39, 0.29) is 11.4 Å².